The molecule has 2 N–H and O–H groups in total. The van der Waals surface area contributed by atoms with E-state index in [1.54, 1.807) is 0 Å². The number of aryl methyl sites for hydroxylation is 2. The van der Waals surface area contributed by atoms with Gasteiger partial charge in [0.15, 0.2) is 0 Å². The Balaban J connectivity index is 0.000000200. The molecule has 37 heavy (non-hydrogen) atoms. The molecule has 1 radical (unpaired) electrons. The van der Waals surface area contributed by atoms with E-state index in [2.05, 4.69) is 89.0 Å². The van der Waals surface area contributed by atoms with Crippen LogP contribution in [0.2, 0.25) is 0 Å². The number of nitrogens with zero attached hydrogens (tertiary/aromatic N) is 1. The first-order chi connectivity index (χ1) is 17.0. The van der Waals surface area contributed by atoms with Crippen LogP contribution in [0.3, 0.4) is 0 Å². The van der Waals surface area contributed by atoms with E-state index in [9.17, 15) is 10.2 Å². The second-order valence-electron chi connectivity index (χ2n) is 12.6. The second-order valence-corrected chi connectivity index (χ2v) is 12.6. The number of aliphatic hydroxyl groups excluding tert-OH is 2. The van der Waals surface area contributed by atoms with Crippen LogP contribution in [-0.4, -0.2) is 27.4 Å². The Morgan fingerprint density at radius 1 is 0.865 bits per heavy atom. The zero-order valence-electron chi connectivity index (χ0n) is 23.3. The largest absolute Gasteiger partial charge is 0.392 e. The molecule has 3 aromatic rings. The van der Waals surface area contributed by atoms with Crippen LogP contribution in [0, 0.1) is 42.6 Å². The van der Waals surface area contributed by atoms with Crippen molar-refractivity contribution in [2.75, 3.05) is 0 Å². The maximum Gasteiger partial charge on any atom is 0.0646 e. The van der Waals surface area contributed by atoms with Crippen molar-refractivity contribution in [1.82, 2.24) is 4.98 Å². The van der Waals surface area contributed by atoms with Crippen molar-refractivity contribution < 1.29 is 30.3 Å². The molecule has 2 aliphatic carbocycles. The summed E-state index contributed by atoms with van der Waals surface area (Å²) in [5, 5.41) is 24.0. The van der Waals surface area contributed by atoms with Gasteiger partial charge in [-0.1, -0.05) is 78.6 Å². The van der Waals surface area contributed by atoms with Gasteiger partial charge in [0.05, 0.1) is 12.2 Å². The predicted octanol–water partition coefficient (Wildman–Crippen LogP) is 7.68. The van der Waals surface area contributed by atoms with Gasteiger partial charge in [-0.15, -0.1) is 34.9 Å². The topological polar surface area (TPSA) is 53.4 Å². The number of hydrogen-bond donors (Lipinski definition) is 2. The van der Waals surface area contributed by atoms with E-state index >= 15 is 0 Å². The van der Waals surface area contributed by atoms with Gasteiger partial charge in [0.1, 0.15) is 0 Å². The summed E-state index contributed by atoms with van der Waals surface area (Å²) in [7, 11) is 0. The van der Waals surface area contributed by atoms with Gasteiger partial charge in [-0.25, -0.2) is 0 Å². The summed E-state index contributed by atoms with van der Waals surface area (Å²) in [6.45, 7) is 12.8. The Hall–Kier alpha value is -1.58. The summed E-state index contributed by atoms with van der Waals surface area (Å²) < 4.78 is 0. The molecule has 2 aliphatic rings. The van der Waals surface area contributed by atoms with Gasteiger partial charge in [0.25, 0.3) is 0 Å². The quantitative estimate of drug-likeness (QED) is 0.260. The van der Waals surface area contributed by atoms with E-state index < -0.39 is 0 Å². The van der Waals surface area contributed by atoms with Crippen molar-refractivity contribution in [3.05, 3.63) is 65.9 Å². The minimum Gasteiger partial charge on any atom is -0.392 e. The molecule has 0 amide bonds. The molecule has 1 aromatic heterocycles. The summed E-state index contributed by atoms with van der Waals surface area (Å²) >= 11 is 0. The molecule has 0 aliphatic heterocycles. The molecule has 3 nitrogen and oxygen atoms in total. The van der Waals surface area contributed by atoms with Crippen molar-refractivity contribution in [3.63, 3.8) is 0 Å². The van der Waals surface area contributed by atoms with E-state index in [0.29, 0.717) is 5.92 Å². The predicted molar refractivity (Wildman–Crippen MR) is 150 cm³/mol. The van der Waals surface area contributed by atoms with Crippen molar-refractivity contribution in [3.8, 4) is 11.3 Å². The zero-order valence-corrected chi connectivity index (χ0v) is 25.7. The third kappa shape index (κ3) is 6.71. The average Bonchev–Trinajstić information content (AvgIpc) is 3.00. The first-order valence-electron chi connectivity index (χ1n) is 13.7. The third-order valence-corrected chi connectivity index (χ3v) is 8.74. The van der Waals surface area contributed by atoms with Gasteiger partial charge in [0.2, 0.25) is 0 Å². The van der Waals surface area contributed by atoms with E-state index in [4.69, 9.17) is 0 Å². The van der Waals surface area contributed by atoms with E-state index in [1.807, 2.05) is 12.3 Å². The van der Waals surface area contributed by atoms with Crippen LogP contribution in [0.5, 0.6) is 0 Å². The molecular weight excluding hydrogens is 635 g/mol. The van der Waals surface area contributed by atoms with Crippen LogP contribution in [0.1, 0.15) is 77.3 Å². The number of aliphatic hydroxyl groups is 2. The number of fused-ring (bicyclic) bond motifs is 2. The van der Waals surface area contributed by atoms with Crippen LogP contribution in [0.25, 0.3) is 22.0 Å². The monoisotopic (exact) mass is 679 g/mol. The van der Waals surface area contributed by atoms with Gasteiger partial charge >= 0.3 is 0 Å². The van der Waals surface area contributed by atoms with Crippen molar-refractivity contribution in [1.29, 1.82) is 0 Å². The molecule has 2 unspecified atom stereocenters. The van der Waals surface area contributed by atoms with Crippen LogP contribution in [0.4, 0.5) is 0 Å². The third-order valence-electron chi connectivity index (χ3n) is 8.74. The van der Waals surface area contributed by atoms with Crippen molar-refractivity contribution >= 4 is 10.8 Å². The molecule has 2 fully saturated rings. The van der Waals surface area contributed by atoms with Crippen LogP contribution < -0.4 is 0 Å². The van der Waals surface area contributed by atoms with E-state index in [0.717, 1.165) is 29.7 Å². The van der Waals surface area contributed by atoms with Gasteiger partial charge in [0, 0.05) is 32.2 Å². The summed E-state index contributed by atoms with van der Waals surface area (Å²) in [5.41, 5.74) is 4.38. The zero-order chi connectivity index (χ0) is 26.1. The van der Waals surface area contributed by atoms with Crippen molar-refractivity contribution in [2.45, 2.75) is 92.3 Å². The normalized spacial score (nSPS) is 26.5. The van der Waals surface area contributed by atoms with Crippen LogP contribution in [-0.2, 0) is 20.1 Å². The fourth-order valence-corrected chi connectivity index (χ4v) is 6.55. The molecule has 5 rings (SSSR count). The molecule has 2 atom stereocenters. The van der Waals surface area contributed by atoms with E-state index in [-0.39, 0.29) is 49.1 Å². The Morgan fingerprint density at radius 2 is 1.46 bits per heavy atom. The van der Waals surface area contributed by atoms with E-state index in [1.165, 1.54) is 42.0 Å². The Bertz CT molecular complexity index is 1130. The van der Waals surface area contributed by atoms with Gasteiger partial charge in [-0.05, 0) is 65.0 Å². The fourth-order valence-electron chi connectivity index (χ4n) is 6.55. The Kier molecular flexibility index (Phi) is 9.78. The summed E-state index contributed by atoms with van der Waals surface area (Å²) in [5.74, 6) is 0.582. The molecule has 4 heteroatoms. The minimum atomic E-state index is -0.364. The molecule has 2 saturated carbocycles. The smallest absolute Gasteiger partial charge is 0.0646 e. The Morgan fingerprint density at radius 3 is 2.05 bits per heavy atom. The Labute approximate surface area is 237 Å². The maximum absolute atomic E-state index is 10.8. The van der Waals surface area contributed by atoms with Gasteiger partial charge in [-0.2, -0.15) is 0 Å². The summed E-state index contributed by atoms with van der Waals surface area (Å²) in [4.78, 5) is 4.53. The number of hydrogen-bond acceptors (Lipinski definition) is 3. The fraction of sp³-hybridized carbons (Fsp3) is 0.545. The molecule has 2 aromatic carbocycles. The summed E-state index contributed by atoms with van der Waals surface area (Å²) in [6.07, 6.45) is 8.04. The number of rotatable bonds is 1. The number of aromatic nitrogens is 1. The first-order valence-corrected chi connectivity index (χ1v) is 13.7. The molecule has 0 bridgehead atoms. The van der Waals surface area contributed by atoms with Gasteiger partial charge < -0.3 is 15.2 Å². The van der Waals surface area contributed by atoms with Crippen molar-refractivity contribution in [2.24, 2.45) is 22.7 Å². The SMILES string of the molecule is CC1(C)CCCC2CCCC(C)(C)C(O)C2C1O.Cc1[c-]c(-c2nccc3ccccc23)cc(C)c1.[Ir]. The minimum absolute atomic E-state index is 0. The molecule has 1 heterocycles. The average molecular weight is 679 g/mol. The van der Waals surface area contributed by atoms with Gasteiger partial charge in [-0.3, -0.25) is 0 Å². The first kappa shape index (κ1) is 30.0. The molecular formula is C33H44IrNO2-. The molecule has 0 saturated heterocycles. The standard InChI is InChI=1S/C17H14N.C16H30O2.Ir/c1-12-9-13(2)11-15(10-12)17-16-6-4-3-5-14(16)7-8-18-17;1-15(2)9-5-7-11-8-6-10-16(3,4)14(18)12(11)13(15)17;/h3-10H,1-2H3;11-14,17-18H,5-10H2,1-4H3;/q-1;;. The molecule has 0 spiro atoms. The van der Waals surface area contributed by atoms with Crippen LogP contribution in [0.15, 0.2) is 48.7 Å². The number of benzene rings is 2. The molecule has 203 valence electrons. The number of pyridine rings is 1. The second kappa shape index (κ2) is 12.1. The maximum atomic E-state index is 10.8. The summed E-state index contributed by atoms with van der Waals surface area (Å²) in [6, 6.07) is 18.0. The van der Waals surface area contributed by atoms with Crippen LogP contribution >= 0.6 is 0 Å².